The van der Waals surface area contributed by atoms with E-state index in [4.69, 9.17) is 0 Å². The van der Waals surface area contributed by atoms with Gasteiger partial charge in [-0.1, -0.05) is 52.7 Å². The minimum absolute atomic E-state index is 0.664. The molecule has 1 N–H and O–H groups in total. The smallest absolute Gasteiger partial charge is 0.0771 e. The van der Waals surface area contributed by atoms with E-state index < -0.39 is 7.26 Å². The summed E-state index contributed by atoms with van der Waals surface area (Å²) in [7, 11) is -0.664. The van der Waals surface area contributed by atoms with Crippen molar-refractivity contribution in [2.45, 2.75) is 59.3 Å². The molecule has 0 unspecified atom stereocenters. The molecule has 0 bridgehead atoms. The predicted octanol–water partition coefficient (Wildman–Crippen LogP) is 5.40. The van der Waals surface area contributed by atoms with Crippen LogP contribution in [0.15, 0.2) is 25.0 Å². The summed E-state index contributed by atoms with van der Waals surface area (Å²) in [5, 5.41) is 9.33. The third kappa shape index (κ3) is 10.6. The molecule has 1 heterocycles. The van der Waals surface area contributed by atoms with E-state index in [2.05, 4.69) is 48.8 Å². The highest BCUT2D eigenvalue weighted by molar-refractivity contribution is 7.76. The summed E-state index contributed by atoms with van der Waals surface area (Å²) >= 11 is 0. The second-order valence-electron chi connectivity index (χ2n) is 5.70. The van der Waals surface area contributed by atoms with Crippen LogP contribution in [-0.2, 0) is 0 Å². The molecule has 0 amide bonds. The third-order valence-electron chi connectivity index (χ3n) is 3.81. The average molecular weight is 312 g/mol. The monoisotopic (exact) mass is 312 g/mol. The summed E-state index contributed by atoms with van der Waals surface area (Å²) in [6, 6.07) is 0. The highest BCUT2D eigenvalue weighted by atomic mass is 31.2. The SMILES string of the molecule is C=CC[P+](CCCC)(CCCC)CCCC.c1cn[nH]n1. The first kappa shape index (κ1) is 20.3. The molecular formula is C17H35N3P+. The number of hydrogen-bond donors (Lipinski definition) is 1. The predicted molar refractivity (Wildman–Crippen MR) is 97.7 cm³/mol. The Bertz CT molecular complexity index is 273. The Hall–Kier alpha value is -0.690. The van der Waals surface area contributed by atoms with Crippen LogP contribution in [0.25, 0.3) is 0 Å². The maximum atomic E-state index is 4.00. The van der Waals surface area contributed by atoms with Gasteiger partial charge in [0.05, 0.1) is 37.0 Å². The lowest BCUT2D eigenvalue weighted by Gasteiger charge is -2.26. The number of allylic oxidation sites excluding steroid dienone is 1. The molecule has 3 nitrogen and oxygen atoms in total. The average Bonchev–Trinajstić information content (AvgIpc) is 3.08. The maximum Gasteiger partial charge on any atom is 0.0771 e. The van der Waals surface area contributed by atoms with Crippen LogP contribution in [-0.4, -0.2) is 40.1 Å². The van der Waals surface area contributed by atoms with Crippen molar-refractivity contribution in [3.63, 3.8) is 0 Å². The fraction of sp³-hybridized carbons (Fsp3) is 0.765. The molecule has 1 aromatic heterocycles. The third-order valence-corrected chi connectivity index (χ3v) is 8.63. The summed E-state index contributed by atoms with van der Waals surface area (Å²) in [4.78, 5) is 0. The first-order chi connectivity index (χ1) is 10.2. The molecule has 1 aromatic rings. The molecule has 0 radical (unpaired) electrons. The Labute approximate surface area is 132 Å². The second-order valence-corrected chi connectivity index (χ2v) is 10.1. The van der Waals surface area contributed by atoms with E-state index in [0.717, 1.165) is 0 Å². The zero-order valence-corrected chi connectivity index (χ0v) is 15.2. The minimum atomic E-state index is -0.664. The summed E-state index contributed by atoms with van der Waals surface area (Å²) < 4.78 is 0. The number of unbranched alkanes of at least 4 members (excludes halogenated alkanes) is 3. The van der Waals surface area contributed by atoms with Gasteiger partial charge in [-0.3, -0.25) is 0 Å². The van der Waals surface area contributed by atoms with Crippen molar-refractivity contribution < 1.29 is 0 Å². The lowest BCUT2D eigenvalue weighted by Crippen LogP contribution is -2.11. The van der Waals surface area contributed by atoms with Crippen LogP contribution in [0.2, 0.25) is 0 Å². The van der Waals surface area contributed by atoms with Crippen molar-refractivity contribution in [2.24, 2.45) is 0 Å². The van der Waals surface area contributed by atoms with Crippen LogP contribution >= 0.6 is 7.26 Å². The Morgan fingerprint density at radius 3 is 1.57 bits per heavy atom. The van der Waals surface area contributed by atoms with Gasteiger partial charge < -0.3 is 0 Å². The fourth-order valence-electron chi connectivity index (χ4n) is 2.53. The molecule has 0 aliphatic heterocycles. The number of nitrogens with one attached hydrogen (secondary N) is 1. The van der Waals surface area contributed by atoms with E-state index in [0.29, 0.717) is 0 Å². The van der Waals surface area contributed by atoms with Gasteiger partial charge in [-0.2, -0.15) is 15.4 Å². The highest BCUT2D eigenvalue weighted by Crippen LogP contribution is 2.60. The van der Waals surface area contributed by atoms with Gasteiger partial charge in [0.2, 0.25) is 0 Å². The molecule has 0 aliphatic rings. The molecule has 1 rings (SSSR count). The number of hydrogen-bond acceptors (Lipinski definition) is 2. The van der Waals surface area contributed by atoms with E-state index in [1.807, 2.05) is 0 Å². The summed E-state index contributed by atoms with van der Waals surface area (Å²) in [6.45, 7) is 11.0. The number of aromatic nitrogens is 3. The topological polar surface area (TPSA) is 41.6 Å². The lowest BCUT2D eigenvalue weighted by molar-refractivity contribution is 0.836. The standard InChI is InChI=1S/C15H32P.C2H3N3/c1-5-9-13-16(12-8-4,14-10-6-2)15-11-7-3;1-2-4-5-3-1/h8H,4-7,9-15H2,1-3H3;1-2H,(H,3,4,5)/q+1;. The Kier molecular flexibility index (Phi) is 13.8. The van der Waals surface area contributed by atoms with Gasteiger partial charge >= 0.3 is 0 Å². The van der Waals surface area contributed by atoms with Crippen LogP contribution in [0.3, 0.4) is 0 Å². The Morgan fingerprint density at radius 2 is 1.33 bits per heavy atom. The normalized spacial score (nSPS) is 10.8. The maximum absolute atomic E-state index is 4.00. The summed E-state index contributed by atoms with van der Waals surface area (Å²) in [6.07, 6.45) is 19.7. The number of aromatic amines is 1. The Morgan fingerprint density at radius 1 is 0.905 bits per heavy atom. The van der Waals surface area contributed by atoms with E-state index in [-0.39, 0.29) is 0 Å². The molecule has 0 aromatic carbocycles. The van der Waals surface area contributed by atoms with Crippen LogP contribution < -0.4 is 0 Å². The summed E-state index contributed by atoms with van der Waals surface area (Å²) in [5.74, 6) is 0. The van der Waals surface area contributed by atoms with Crippen molar-refractivity contribution in [1.29, 1.82) is 0 Å². The van der Waals surface area contributed by atoms with Gasteiger partial charge in [0, 0.05) is 7.26 Å². The van der Waals surface area contributed by atoms with E-state index in [9.17, 15) is 0 Å². The molecule has 4 heteroatoms. The van der Waals surface area contributed by atoms with Crippen LogP contribution in [0.4, 0.5) is 0 Å². The first-order valence-corrected chi connectivity index (χ1v) is 11.0. The van der Waals surface area contributed by atoms with Crippen molar-refractivity contribution in [2.75, 3.05) is 24.6 Å². The molecule has 0 fully saturated rings. The fourth-order valence-corrected chi connectivity index (χ4v) is 7.26. The van der Waals surface area contributed by atoms with E-state index in [1.165, 1.54) is 63.2 Å². The van der Waals surface area contributed by atoms with Gasteiger partial charge in [0.15, 0.2) is 0 Å². The number of H-pyrrole nitrogens is 1. The van der Waals surface area contributed by atoms with Gasteiger partial charge in [-0.05, 0) is 19.3 Å². The molecule has 122 valence electrons. The molecule has 21 heavy (non-hydrogen) atoms. The molecular weight excluding hydrogens is 277 g/mol. The zero-order valence-electron chi connectivity index (χ0n) is 14.4. The molecule has 0 atom stereocenters. The van der Waals surface area contributed by atoms with E-state index in [1.54, 1.807) is 12.4 Å². The molecule has 0 saturated heterocycles. The van der Waals surface area contributed by atoms with E-state index >= 15 is 0 Å². The molecule has 0 saturated carbocycles. The number of nitrogens with zero attached hydrogens (tertiary/aromatic N) is 2. The van der Waals surface area contributed by atoms with Gasteiger partial charge in [-0.15, -0.1) is 0 Å². The lowest BCUT2D eigenvalue weighted by atomic mass is 10.4. The minimum Gasteiger partial charge on any atom is -0.198 e. The van der Waals surface area contributed by atoms with Crippen LogP contribution in [0.1, 0.15) is 59.3 Å². The van der Waals surface area contributed by atoms with Crippen LogP contribution in [0, 0.1) is 0 Å². The van der Waals surface area contributed by atoms with Crippen molar-refractivity contribution >= 4 is 7.26 Å². The van der Waals surface area contributed by atoms with Crippen molar-refractivity contribution in [3.05, 3.63) is 25.0 Å². The first-order valence-electron chi connectivity index (χ1n) is 8.50. The largest absolute Gasteiger partial charge is 0.198 e. The highest BCUT2D eigenvalue weighted by Gasteiger charge is 2.33. The second kappa shape index (κ2) is 14.3. The van der Waals surface area contributed by atoms with Gasteiger partial charge in [-0.25, -0.2) is 0 Å². The zero-order chi connectivity index (χ0) is 15.8. The quantitative estimate of drug-likeness (QED) is 0.439. The van der Waals surface area contributed by atoms with Crippen molar-refractivity contribution in [1.82, 2.24) is 15.4 Å². The number of rotatable bonds is 11. The molecule has 0 spiro atoms. The summed E-state index contributed by atoms with van der Waals surface area (Å²) in [5.41, 5.74) is 0. The Balaban J connectivity index is 0.000000662. The van der Waals surface area contributed by atoms with Crippen LogP contribution in [0.5, 0.6) is 0 Å². The van der Waals surface area contributed by atoms with Gasteiger partial charge in [0.25, 0.3) is 0 Å². The molecule has 0 aliphatic carbocycles. The van der Waals surface area contributed by atoms with Gasteiger partial charge in [0.1, 0.15) is 0 Å². The van der Waals surface area contributed by atoms with Crippen molar-refractivity contribution in [3.8, 4) is 0 Å².